The highest BCUT2D eigenvalue weighted by Gasteiger charge is 2.19. The Hall–Kier alpha value is -2.03. The van der Waals surface area contributed by atoms with Gasteiger partial charge in [0.05, 0.1) is 5.56 Å². The number of amides is 1. The number of benzene rings is 1. The van der Waals surface area contributed by atoms with Crippen molar-refractivity contribution in [3.63, 3.8) is 0 Å². The standard InChI is InChI=1S/C18H22N2O/c1-3-13-9-10-15-16(12-20(2)17(15)11-13)18(21)19-14-7-5-4-6-8-14/h3,9-12,14H,1,4-8H2,2H3,(H,19,21). The Morgan fingerprint density at radius 3 is 2.81 bits per heavy atom. The topological polar surface area (TPSA) is 34.0 Å². The number of hydrogen-bond acceptors (Lipinski definition) is 1. The van der Waals surface area contributed by atoms with Gasteiger partial charge in [0.1, 0.15) is 0 Å². The summed E-state index contributed by atoms with van der Waals surface area (Å²) in [5.74, 6) is 0.0545. The summed E-state index contributed by atoms with van der Waals surface area (Å²) >= 11 is 0. The molecule has 3 rings (SSSR count). The van der Waals surface area contributed by atoms with Crippen molar-refractivity contribution in [1.29, 1.82) is 0 Å². The summed E-state index contributed by atoms with van der Waals surface area (Å²) in [5.41, 5.74) is 2.91. The van der Waals surface area contributed by atoms with Crippen molar-refractivity contribution >= 4 is 22.9 Å². The Balaban J connectivity index is 1.89. The number of hydrogen-bond donors (Lipinski definition) is 1. The van der Waals surface area contributed by atoms with Gasteiger partial charge in [0.25, 0.3) is 5.91 Å². The number of rotatable bonds is 3. The quantitative estimate of drug-likeness (QED) is 0.910. The van der Waals surface area contributed by atoms with Crippen LogP contribution in [-0.4, -0.2) is 16.5 Å². The molecule has 1 aromatic heterocycles. The highest BCUT2D eigenvalue weighted by Crippen LogP contribution is 2.24. The van der Waals surface area contributed by atoms with Crippen molar-refractivity contribution in [3.8, 4) is 0 Å². The van der Waals surface area contributed by atoms with Crippen LogP contribution < -0.4 is 5.32 Å². The molecule has 0 unspecified atom stereocenters. The Kier molecular flexibility index (Phi) is 3.82. The van der Waals surface area contributed by atoms with Crippen LogP contribution in [0.15, 0.2) is 31.0 Å². The predicted molar refractivity (Wildman–Crippen MR) is 87.3 cm³/mol. The molecule has 1 aliphatic carbocycles. The first kappa shape index (κ1) is 13.9. The number of aromatic nitrogens is 1. The third-order valence-corrected chi connectivity index (χ3v) is 4.44. The van der Waals surface area contributed by atoms with E-state index in [0.29, 0.717) is 6.04 Å². The van der Waals surface area contributed by atoms with Crippen molar-refractivity contribution in [3.05, 3.63) is 42.1 Å². The van der Waals surface area contributed by atoms with Gasteiger partial charge in [0.15, 0.2) is 0 Å². The van der Waals surface area contributed by atoms with E-state index >= 15 is 0 Å². The zero-order valence-electron chi connectivity index (χ0n) is 12.6. The van der Waals surface area contributed by atoms with E-state index in [4.69, 9.17) is 0 Å². The SMILES string of the molecule is C=Cc1ccc2c(C(=O)NC3CCCCC3)cn(C)c2c1. The molecule has 0 radical (unpaired) electrons. The van der Waals surface area contributed by atoms with E-state index in [0.717, 1.165) is 34.9 Å². The van der Waals surface area contributed by atoms with Crippen LogP contribution >= 0.6 is 0 Å². The minimum atomic E-state index is 0.0545. The van der Waals surface area contributed by atoms with Gasteiger partial charge in [-0.25, -0.2) is 0 Å². The van der Waals surface area contributed by atoms with Crippen LogP contribution in [0.2, 0.25) is 0 Å². The number of fused-ring (bicyclic) bond motifs is 1. The van der Waals surface area contributed by atoms with Gasteiger partial charge in [-0.1, -0.05) is 44.1 Å². The molecular weight excluding hydrogens is 260 g/mol. The highest BCUT2D eigenvalue weighted by atomic mass is 16.1. The van der Waals surface area contributed by atoms with Crippen LogP contribution in [0.1, 0.15) is 48.0 Å². The van der Waals surface area contributed by atoms with Crippen LogP contribution in [-0.2, 0) is 7.05 Å². The van der Waals surface area contributed by atoms with Gasteiger partial charge in [-0.05, 0) is 24.5 Å². The van der Waals surface area contributed by atoms with Gasteiger partial charge >= 0.3 is 0 Å². The zero-order chi connectivity index (χ0) is 14.8. The molecular formula is C18H22N2O. The maximum absolute atomic E-state index is 12.6. The molecule has 110 valence electrons. The van der Waals surface area contributed by atoms with E-state index in [9.17, 15) is 4.79 Å². The fraction of sp³-hybridized carbons (Fsp3) is 0.389. The highest BCUT2D eigenvalue weighted by molar-refractivity contribution is 6.07. The van der Waals surface area contributed by atoms with Gasteiger partial charge in [0, 0.05) is 30.2 Å². The molecule has 0 bridgehead atoms. The summed E-state index contributed by atoms with van der Waals surface area (Å²) in [6.07, 6.45) is 9.72. The minimum absolute atomic E-state index is 0.0545. The van der Waals surface area contributed by atoms with Crippen molar-refractivity contribution < 1.29 is 4.79 Å². The molecule has 1 saturated carbocycles. The lowest BCUT2D eigenvalue weighted by Crippen LogP contribution is -2.36. The Labute approximate surface area is 125 Å². The summed E-state index contributed by atoms with van der Waals surface area (Å²) in [7, 11) is 1.98. The van der Waals surface area contributed by atoms with E-state index in [1.165, 1.54) is 19.3 Å². The maximum Gasteiger partial charge on any atom is 0.253 e. The molecule has 1 aromatic carbocycles. The Morgan fingerprint density at radius 1 is 1.33 bits per heavy atom. The largest absolute Gasteiger partial charge is 0.350 e. The molecule has 2 aromatic rings. The fourth-order valence-electron chi connectivity index (χ4n) is 3.22. The molecule has 1 aliphatic rings. The van der Waals surface area contributed by atoms with Crippen LogP contribution in [0.4, 0.5) is 0 Å². The molecule has 21 heavy (non-hydrogen) atoms. The van der Waals surface area contributed by atoms with Crippen LogP contribution in [0, 0.1) is 0 Å². The van der Waals surface area contributed by atoms with E-state index in [-0.39, 0.29) is 5.91 Å². The average molecular weight is 282 g/mol. The molecule has 1 amide bonds. The van der Waals surface area contributed by atoms with Gasteiger partial charge in [-0.3, -0.25) is 4.79 Å². The lowest BCUT2D eigenvalue weighted by Gasteiger charge is -2.22. The average Bonchev–Trinajstić information content (AvgIpc) is 2.85. The first-order valence-corrected chi connectivity index (χ1v) is 7.71. The second-order valence-electron chi connectivity index (χ2n) is 5.94. The normalized spacial score (nSPS) is 16.0. The van der Waals surface area contributed by atoms with Crippen LogP contribution in [0.25, 0.3) is 17.0 Å². The number of carbonyl (C=O) groups is 1. The summed E-state index contributed by atoms with van der Waals surface area (Å²) < 4.78 is 2.01. The van der Waals surface area contributed by atoms with Crippen LogP contribution in [0.3, 0.4) is 0 Å². The molecule has 0 saturated heterocycles. The minimum Gasteiger partial charge on any atom is -0.350 e. The second kappa shape index (κ2) is 5.76. The summed E-state index contributed by atoms with van der Waals surface area (Å²) in [6.45, 7) is 3.80. The third-order valence-electron chi connectivity index (χ3n) is 4.44. The summed E-state index contributed by atoms with van der Waals surface area (Å²) in [5, 5.41) is 4.21. The van der Waals surface area contributed by atoms with Crippen molar-refractivity contribution in [2.45, 2.75) is 38.1 Å². The molecule has 1 heterocycles. The summed E-state index contributed by atoms with van der Waals surface area (Å²) in [4.78, 5) is 12.6. The number of carbonyl (C=O) groups excluding carboxylic acids is 1. The number of aryl methyl sites for hydroxylation is 1. The summed E-state index contributed by atoms with van der Waals surface area (Å²) in [6, 6.07) is 6.43. The molecule has 0 spiro atoms. The predicted octanol–water partition coefficient (Wildman–Crippen LogP) is 3.88. The zero-order valence-corrected chi connectivity index (χ0v) is 12.6. The monoisotopic (exact) mass is 282 g/mol. The number of nitrogens with zero attached hydrogens (tertiary/aromatic N) is 1. The molecule has 0 aliphatic heterocycles. The van der Waals surface area contributed by atoms with E-state index in [1.807, 2.05) is 36.0 Å². The van der Waals surface area contributed by atoms with E-state index in [1.54, 1.807) is 0 Å². The first-order chi connectivity index (χ1) is 10.2. The lowest BCUT2D eigenvalue weighted by molar-refractivity contribution is 0.0929. The smallest absolute Gasteiger partial charge is 0.253 e. The maximum atomic E-state index is 12.6. The third kappa shape index (κ3) is 2.73. The molecule has 0 atom stereocenters. The Bertz CT molecular complexity index is 678. The number of nitrogens with one attached hydrogen (secondary N) is 1. The van der Waals surface area contributed by atoms with Crippen LogP contribution in [0.5, 0.6) is 0 Å². The molecule has 3 heteroatoms. The van der Waals surface area contributed by atoms with Gasteiger partial charge in [-0.15, -0.1) is 0 Å². The molecule has 1 N–H and O–H groups in total. The van der Waals surface area contributed by atoms with Gasteiger partial charge < -0.3 is 9.88 Å². The second-order valence-corrected chi connectivity index (χ2v) is 5.94. The fourth-order valence-corrected chi connectivity index (χ4v) is 3.22. The lowest BCUT2D eigenvalue weighted by atomic mass is 9.95. The molecule has 1 fully saturated rings. The molecule has 3 nitrogen and oxygen atoms in total. The van der Waals surface area contributed by atoms with Gasteiger partial charge in [-0.2, -0.15) is 0 Å². The van der Waals surface area contributed by atoms with Crippen molar-refractivity contribution in [2.24, 2.45) is 7.05 Å². The van der Waals surface area contributed by atoms with Crippen molar-refractivity contribution in [1.82, 2.24) is 9.88 Å². The van der Waals surface area contributed by atoms with E-state index in [2.05, 4.69) is 18.0 Å². The van der Waals surface area contributed by atoms with Crippen molar-refractivity contribution in [2.75, 3.05) is 0 Å². The first-order valence-electron chi connectivity index (χ1n) is 7.71. The Morgan fingerprint density at radius 2 is 2.10 bits per heavy atom. The van der Waals surface area contributed by atoms with E-state index < -0.39 is 0 Å². The van der Waals surface area contributed by atoms with Gasteiger partial charge in [0.2, 0.25) is 0 Å².